The van der Waals surface area contributed by atoms with Crippen LogP contribution < -0.4 is 5.73 Å². The van der Waals surface area contributed by atoms with Crippen molar-refractivity contribution < 1.29 is 15.1 Å². The van der Waals surface area contributed by atoms with Crippen molar-refractivity contribution >= 4 is 34.3 Å². The molecule has 104 valence electrons. The number of halogens is 1. The van der Waals surface area contributed by atoms with E-state index in [1.54, 1.807) is 26.1 Å². The van der Waals surface area contributed by atoms with Crippen LogP contribution in [0, 0.1) is 9.49 Å². The minimum Gasteiger partial charge on any atom is -0.507 e. The summed E-state index contributed by atoms with van der Waals surface area (Å²) in [5, 5.41) is 21.1. The highest BCUT2D eigenvalue weighted by atomic mass is 127. The van der Waals surface area contributed by atoms with Gasteiger partial charge in [0, 0.05) is 25.1 Å². The van der Waals surface area contributed by atoms with Gasteiger partial charge in [-0.25, -0.2) is 0 Å². The van der Waals surface area contributed by atoms with Gasteiger partial charge in [-0.3, -0.25) is 4.79 Å². The molecule has 0 aliphatic heterocycles. The first-order valence-electron chi connectivity index (χ1n) is 5.58. The van der Waals surface area contributed by atoms with Crippen LogP contribution in [-0.2, 0) is 0 Å². The van der Waals surface area contributed by atoms with Crippen LogP contribution in [-0.4, -0.2) is 40.5 Å². The Morgan fingerprint density at radius 3 is 2.74 bits per heavy atom. The van der Waals surface area contributed by atoms with Crippen LogP contribution in [0.5, 0.6) is 5.75 Å². The smallest absolute Gasteiger partial charge is 0.253 e. The molecule has 7 heteroatoms. The van der Waals surface area contributed by atoms with Crippen molar-refractivity contribution in [2.45, 2.75) is 6.92 Å². The van der Waals surface area contributed by atoms with Gasteiger partial charge in [-0.2, -0.15) is 0 Å². The number of nitrogens with zero attached hydrogens (tertiary/aromatic N) is 2. The van der Waals surface area contributed by atoms with Gasteiger partial charge >= 0.3 is 0 Å². The molecule has 0 fully saturated rings. The summed E-state index contributed by atoms with van der Waals surface area (Å²) in [6.45, 7) is 2.08. The molecule has 1 atom stereocenters. The van der Waals surface area contributed by atoms with Crippen LogP contribution >= 0.6 is 22.6 Å². The molecule has 1 aromatic carbocycles. The number of carbonyl (C=O) groups is 1. The fraction of sp³-hybridized carbons (Fsp3) is 0.333. The largest absolute Gasteiger partial charge is 0.507 e. The van der Waals surface area contributed by atoms with Crippen LogP contribution in [0.3, 0.4) is 0 Å². The lowest BCUT2D eigenvalue weighted by Crippen LogP contribution is -2.36. The number of hydrogen-bond acceptors (Lipinski definition) is 4. The molecule has 0 saturated carbocycles. The predicted octanol–water partition coefficient (Wildman–Crippen LogP) is 1.45. The Kier molecular flexibility index (Phi) is 5.40. The third kappa shape index (κ3) is 3.98. The number of nitrogens with two attached hydrogens (primary N) is 1. The van der Waals surface area contributed by atoms with Crippen molar-refractivity contribution in [1.29, 1.82) is 0 Å². The van der Waals surface area contributed by atoms with Crippen LogP contribution in [0.15, 0.2) is 23.4 Å². The minimum absolute atomic E-state index is 0.0735. The van der Waals surface area contributed by atoms with E-state index in [9.17, 15) is 9.90 Å². The van der Waals surface area contributed by atoms with Crippen molar-refractivity contribution in [2.24, 2.45) is 16.8 Å². The highest BCUT2D eigenvalue weighted by molar-refractivity contribution is 14.1. The number of amidine groups is 1. The summed E-state index contributed by atoms with van der Waals surface area (Å²) < 4.78 is 0.682. The van der Waals surface area contributed by atoms with Gasteiger partial charge in [0.1, 0.15) is 11.6 Å². The molecule has 1 amide bonds. The Bertz CT molecular complexity index is 505. The lowest BCUT2D eigenvalue weighted by molar-refractivity contribution is 0.0785. The second-order valence-corrected chi connectivity index (χ2v) is 5.44. The molecule has 19 heavy (non-hydrogen) atoms. The summed E-state index contributed by atoms with van der Waals surface area (Å²) in [6, 6.07) is 4.74. The van der Waals surface area contributed by atoms with Crippen molar-refractivity contribution in [3.05, 3.63) is 27.3 Å². The summed E-state index contributed by atoms with van der Waals surface area (Å²) in [5.41, 5.74) is 5.86. The van der Waals surface area contributed by atoms with Gasteiger partial charge in [0.05, 0.1) is 3.57 Å². The third-order valence-electron chi connectivity index (χ3n) is 2.71. The lowest BCUT2D eigenvalue weighted by atomic mass is 10.1. The van der Waals surface area contributed by atoms with Gasteiger partial charge in [0.25, 0.3) is 5.91 Å². The average Bonchev–Trinajstić information content (AvgIpc) is 2.39. The SMILES string of the molecule is CC(CN(C)C(=O)c1ccc(I)c(O)c1)/C(N)=N/O. The van der Waals surface area contributed by atoms with E-state index in [2.05, 4.69) is 5.16 Å². The van der Waals surface area contributed by atoms with E-state index in [0.717, 1.165) is 0 Å². The predicted molar refractivity (Wildman–Crippen MR) is 80.4 cm³/mol. The number of rotatable bonds is 4. The van der Waals surface area contributed by atoms with E-state index in [0.29, 0.717) is 15.7 Å². The number of hydrogen-bond donors (Lipinski definition) is 3. The van der Waals surface area contributed by atoms with E-state index < -0.39 is 0 Å². The number of oxime groups is 1. The van der Waals surface area contributed by atoms with Gasteiger partial charge in [0.15, 0.2) is 0 Å². The van der Waals surface area contributed by atoms with Crippen molar-refractivity contribution in [3.63, 3.8) is 0 Å². The van der Waals surface area contributed by atoms with E-state index in [1.165, 1.54) is 11.0 Å². The van der Waals surface area contributed by atoms with Crippen molar-refractivity contribution in [1.82, 2.24) is 4.90 Å². The first-order valence-corrected chi connectivity index (χ1v) is 6.66. The zero-order valence-corrected chi connectivity index (χ0v) is 12.8. The Balaban J connectivity index is 2.79. The summed E-state index contributed by atoms with van der Waals surface area (Å²) in [6.07, 6.45) is 0. The zero-order chi connectivity index (χ0) is 14.6. The Labute approximate surface area is 125 Å². The third-order valence-corrected chi connectivity index (χ3v) is 3.62. The van der Waals surface area contributed by atoms with Crippen LogP contribution in [0.2, 0.25) is 0 Å². The molecule has 1 rings (SSSR count). The first kappa shape index (κ1) is 15.5. The number of amides is 1. The Morgan fingerprint density at radius 1 is 1.58 bits per heavy atom. The second-order valence-electron chi connectivity index (χ2n) is 4.28. The molecule has 0 bridgehead atoms. The molecular weight excluding hydrogens is 361 g/mol. The molecule has 0 aromatic heterocycles. The number of carbonyl (C=O) groups excluding carboxylic acids is 1. The fourth-order valence-corrected chi connectivity index (χ4v) is 1.89. The number of benzene rings is 1. The highest BCUT2D eigenvalue weighted by Crippen LogP contribution is 2.21. The van der Waals surface area contributed by atoms with Gasteiger partial charge < -0.3 is 20.9 Å². The van der Waals surface area contributed by atoms with Gasteiger partial charge in [0.2, 0.25) is 0 Å². The quantitative estimate of drug-likeness (QED) is 0.243. The van der Waals surface area contributed by atoms with E-state index in [4.69, 9.17) is 10.9 Å². The van der Waals surface area contributed by atoms with E-state index >= 15 is 0 Å². The highest BCUT2D eigenvalue weighted by Gasteiger charge is 2.17. The second kappa shape index (κ2) is 6.60. The van der Waals surface area contributed by atoms with Gasteiger partial charge in [-0.1, -0.05) is 12.1 Å². The molecule has 1 unspecified atom stereocenters. The molecule has 0 spiro atoms. The maximum absolute atomic E-state index is 12.1. The molecular formula is C12H16IN3O3. The molecule has 0 saturated heterocycles. The maximum atomic E-state index is 12.1. The normalized spacial score (nSPS) is 13.1. The maximum Gasteiger partial charge on any atom is 0.253 e. The van der Waals surface area contributed by atoms with E-state index in [-0.39, 0.29) is 23.4 Å². The molecule has 0 radical (unpaired) electrons. The summed E-state index contributed by atoms with van der Waals surface area (Å²) in [7, 11) is 1.62. The van der Waals surface area contributed by atoms with Gasteiger partial charge in [-0.15, -0.1) is 0 Å². The van der Waals surface area contributed by atoms with Crippen molar-refractivity contribution in [2.75, 3.05) is 13.6 Å². The fourth-order valence-electron chi connectivity index (χ4n) is 1.55. The average molecular weight is 377 g/mol. The topological polar surface area (TPSA) is 99.2 Å². The summed E-state index contributed by atoms with van der Waals surface area (Å²) in [5.74, 6) is -0.338. The van der Waals surface area contributed by atoms with Gasteiger partial charge in [-0.05, 0) is 40.8 Å². The monoisotopic (exact) mass is 377 g/mol. The molecule has 4 N–H and O–H groups in total. The van der Waals surface area contributed by atoms with Crippen LogP contribution in [0.1, 0.15) is 17.3 Å². The molecule has 0 heterocycles. The first-order chi connectivity index (χ1) is 8.86. The lowest BCUT2D eigenvalue weighted by Gasteiger charge is -2.21. The number of phenols is 1. The van der Waals surface area contributed by atoms with Crippen LogP contribution in [0.25, 0.3) is 0 Å². The number of phenolic OH excluding ortho intramolecular Hbond substituents is 1. The Morgan fingerprint density at radius 2 is 2.21 bits per heavy atom. The summed E-state index contributed by atoms with van der Waals surface area (Å²) in [4.78, 5) is 13.6. The molecule has 0 aliphatic carbocycles. The molecule has 0 aliphatic rings. The van der Waals surface area contributed by atoms with E-state index in [1.807, 2.05) is 22.6 Å². The summed E-state index contributed by atoms with van der Waals surface area (Å²) >= 11 is 1.98. The zero-order valence-electron chi connectivity index (χ0n) is 10.7. The molecule has 6 nitrogen and oxygen atoms in total. The Hall–Kier alpha value is -1.51. The molecule has 1 aromatic rings. The minimum atomic E-state index is -0.253. The van der Waals surface area contributed by atoms with Crippen molar-refractivity contribution in [3.8, 4) is 5.75 Å². The number of aromatic hydroxyl groups is 1. The van der Waals surface area contributed by atoms with Crippen LogP contribution in [0.4, 0.5) is 0 Å². The standard InChI is InChI=1S/C12H16IN3O3/c1-7(11(14)15-19)6-16(2)12(18)8-3-4-9(13)10(17)5-8/h3-5,7,17,19H,6H2,1-2H3,(H2,14,15).